The van der Waals surface area contributed by atoms with Crippen LogP contribution in [0.4, 0.5) is 5.69 Å². The molecule has 0 saturated carbocycles. The van der Waals surface area contributed by atoms with Crippen molar-refractivity contribution in [3.05, 3.63) is 29.8 Å². The molecule has 3 nitrogen and oxygen atoms in total. The molecule has 0 bridgehead atoms. The Labute approximate surface area is 109 Å². The van der Waals surface area contributed by atoms with Gasteiger partial charge in [-0.05, 0) is 24.6 Å². The van der Waals surface area contributed by atoms with Crippen LogP contribution in [0.1, 0.15) is 13.3 Å². The summed E-state index contributed by atoms with van der Waals surface area (Å²) in [5, 5.41) is 1.97. The van der Waals surface area contributed by atoms with E-state index in [0.29, 0.717) is 12.3 Å². The molecule has 2 N–H and O–H groups in total. The summed E-state index contributed by atoms with van der Waals surface area (Å²) < 4.78 is 6.61. The van der Waals surface area contributed by atoms with Gasteiger partial charge < -0.3 is 10.5 Å². The first-order chi connectivity index (χ1) is 8.29. The molecule has 0 radical (unpaired) electrons. The Balaban J connectivity index is 2.13. The van der Waals surface area contributed by atoms with Crippen molar-refractivity contribution in [1.82, 2.24) is 4.98 Å². The second-order valence-corrected chi connectivity index (χ2v) is 5.66. The Morgan fingerprint density at radius 2 is 2.35 bits per heavy atom. The molecule has 2 rings (SSSR count). The Bertz CT molecular complexity index is 471. The fraction of sp³-hybridized carbons (Fsp3) is 0.250. The first-order valence-corrected chi connectivity index (χ1v) is 7.09. The second kappa shape index (κ2) is 5.93. The van der Waals surface area contributed by atoms with Crippen LogP contribution in [0.25, 0.3) is 0 Å². The fourth-order valence-electron chi connectivity index (χ4n) is 1.28. The third-order valence-electron chi connectivity index (χ3n) is 2.06. The summed E-state index contributed by atoms with van der Waals surface area (Å²) in [6.45, 7) is 2.76. The Kier molecular flexibility index (Phi) is 4.28. The van der Waals surface area contributed by atoms with Crippen molar-refractivity contribution < 1.29 is 4.74 Å². The molecule has 0 fully saturated rings. The molecule has 0 amide bonds. The maximum Gasteiger partial charge on any atom is 0.154 e. The summed E-state index contributed by atoms with van der Waals surface area (Å²) in [6.07, 6.45) is 2.78. The molecule has 0 aliphatic heterocycles. The molecule has 1 aromatic heterocycles. The third-order valence-corrected chi connectivity index (χ3v) is 3.93. The van der Waals surface area contributed by atoms with E-state index >= 15 is 0 Å². The van der Waals surface area contributed by atoms with Crippen molar-refractivity contribution in [2.45, 2.75) is 22.6 Å². The molecule has 0 atom stereocenters. The maximum atomic E-state index is 5.86. The largest absolute Gasteiger partial charge is 0.491 e. The molecule has 0 spiro atoms. The van der Waals surface area contributed by atoms with Gasteiger partial charge >= 0.3 is 0 Å². The second-order valence-electron chi connectivity index (χ2n) is 3.45. The average molecular weight is 266 g/mol. The quantitative estimate of drug-likeness (QED) is 0.839. The zero-order valence-electron chi connectivity index (χ0n) is 9.55. The standard InChI is InChI=1S/C12H14N2OS2/c1-2-6-15-11-8-9(3-4-10(11)13)17-12-14-5-7-16-12/h3-5,7-8H,2,6,13H2,1H3. The zero-order chi connectivity index (χ0) is 12.1. The normalized spacial score (nSPS) is 10.4. The zero-order valence-corrected chi connectivity index (χ0v) is 11.2. The van der Waals surface area contributed by atoms with Crippen LogP contribution in [0.3, 0.4) is 0 Å². The summed E-state index contributed by atoms with van der Waals surface area (Å²) in [7, 11) is 0. The van der Waals surface area contributed by atoms with E-state index in [1.807, 2.05) is 23.6 Å². The van der Waals surface area contributed by atoms with Gasteiger partial charge in [0.25, 0.3) is 0 Å². The number of ether oxygens (including phenoxy) is 1. The monoisotopic (exact) mass is 266 g/mol. The van der Waals surface area contributed by atoms with Crippen molar-refractivity contribution in [1.29, 1.82) is 0 Å². The highest BCUT2D eigenvalue weighted by atomic mass is 32.2. The van der Waals surface area contributed by atoms with Gasteiger partial charge in [0.2, 0.25) is 0 Å². The number of anilines is 1. The maximum absolute atomic E-state index is 5.86. The van der Waals surface area contributed by atoms with Crippen LogP contribution in [-0.2, 0) is 0 Å². The number of rotatable bonds is 5. The van der Waals surface area contributed by atoms with E-state index in [2.05, 4.69) is 11.9 Å². The van der Waals surface area contributed by atoms with Gasteiger partial charge in [-0.25, -0.2) is 4.98 Å². The lowest BCUT2D eigenvalue weighted by Gasteiger charge is -2.09. The van der Waals surface area contributed by atoms with Crippen LogP contribution in [0.15, 0.2) is 39.0 Å². The van der Waals surface area contributed by atoms with Crippen molar-refractivity contribution in [2.75, 3.05) is 12.3 Å². The number of thiazole rings is 1. The predicted octanol–water partition coefficient (Wildman–Crippen LogP) is 3.67. The SMILES string of the molecule is CCCOc1cc(Sc2nccs2)ccc1N. The minimum absolute atomic E-state index is 0.682. The van der Waals surface area contributed by atoms with Crippen molar-refractivity contribution >= 4 is 28.8 Å². The van der Waals surface area contributed by atoms with Crippen LogP contribution in [0.2, 0.25) is 0 Å². The van der Waals surface area contributed by atoms with E-state index in [4.69, 9.17) is 10.5 Å². The van der Waals surface area contributed by atoms with Gasteiger partial charge in [-0.1, -0.05) is 18.7 Å². The topological polar surface area (TPSA) is 48.1 Å². The van der Waals surface area contributed by atoms with Gasteiger partial charge in [0.15, 0.2) is 4.34 Å². The van der Waals surface area contributed by atoms with E-state index in [1.54, 1.807) is 29.3 Å². The smallest absolute Gasteiger partial charge is 0.154 e. The van der Waals surface area contributed by atoms with E-state index in [9.17, 15) is 0 Å². The first-order valence-electron chi connectivity index (χ1n) is 5.39. The van der Waals surface area contributed by atoms with Gasteiger partial charge in [-0.15, -0.1) is 11.3 Å². The van der Waals surface area contributed by atoms with E-state index in [-0.39, 0.29) is 0 Å². The lowest BCUT2D eigenvalue weighted by molar-refractivity contribution is 0.318. The van der Waals surface area contributed by atoms with Crippen molar-refractivity contribution in [2.24, 2.45) is 0 Å². The number of hydrogen-bond donors (Lipinski definition) is 1. The molecule has 0 aliphatic carbocycles. The molecule has 17 heavy (non-hydrogen) atoms. The lowest BCUT2D eigenvalue weighted by atomic mass is 10.3. The van der Waals surface area contributed by atoms with Gasteiger partial charge in [-0.2, -0.15) is 0 Å². The van der Waals surface area contributed by atoms with Gasteiger partial charge in [-0.3, -0.25) is 0 Å². The lowest BCUT2D eigenvalue weighted by Crippen LogP contribution is -1.98. The molecule has 5 heteroatoms. The number of nitrogens with two attached hydrogens (primary N) is 1. The minimum Gasteiger partial charge on any atom is -0.491 e. The van der Waals surface area contributed by atoms with Crippen LogP contribution in [0.5, 0.6) is 5.75 Å². The number of nitrogen functional groups attached to an aromatic ring is 1. The van der Waals surface area contributed by atoms with E-state index in [1.165, 1.54) is 0 Å². The molecule has 0 saturated heterocycles. The Hall–Kier alpha value is -1.20. The summed E-state index contributed by atoms with van der Waals surface area (Å²) in [6, 6.07) is 5.83. The van der Waals surface area contributed by atoms with Crippen LogP contribution in [-0.4, -0.2) is 11.6 Å². The number of benzene rings is 1. The van der Waals surface area contributed by atoms with Crippen molar-refractivity contribution in [3.8, 4) is 5.75 Å². The first kappa shape index (κ1) is 12.3. The minimum atomic E-state index is 0.682. The fourth-order valence-corrected chi connectivity index (χ4v) is 2.90. The van der Waals surface area contributed by atoms with Gasteiger partial charge in [0, 0.05) is 16.5 Å². The summed E-state index contributed by atoms with van der Waals surface area (Å²) in [4.78, 5) is 5.33. The highest BCUT2D eigenvalue weighted by Crippen LogP contribution is 2.33. The molecule has 2 aromatic rings. The molecular weight excluding hydrogens is 252 g/mol. The highest BCUT2D eigenvalue weighted by Gasteiger charge is 2.05. The summed E-state index contributed by atoms with van der Waals surface area (Å²) in [5.41, 5.74) is 6.54. The van der Waals surface area contributed by atoms with E-state index in [0.717, 1.165) is 21.4 Å². The van der Waals surface area contributed by atoms with Gasteiger partial charge in [0.05, 0.1) is 12.3 Å². The summed E-state index contributed by atoms with van der Waals surface area (Å²) in [5.74, 6) is 0.758. The van der Waals surface area contributed by atoms with Gasteiger partial charge in [0.1, 0.15) is 5.75 Å². The third kappa shape index (κ3) is 3.38. The van der Waals surface area contributed by atoms with Crippen LogP contribution in [0, 0.1) is 0 Å². The highest BCUT2D eigenvalue weighted by molar-refractivity contribution is 8.01. The predicted molar refractivity (Wildman–Crippen MR) is 72.9 cm³/mol. The molecule has 0 unspecified atom stereocenters. The molecule has 1 aromatic carbocycles. The Morgan fingerprint density at radius 3 is 3.06 bits per heavy atom. The van der Waals surface area contributed by atoms with E-state index < -0.39 is 0 Å². The number of nitrogens with zero attached hydrogens (tertiary/aromatic N) is 1. The summed E-state index contributed by atoms with van der Waals surface area (Å²) >= 11 is 3.25. The molecule has 90 valence electrons. The molecular formula is C12H14N2OS2. The number of hydrogen-bond acceptors (Lipinski definition) is 5. The van der Waals surface area contributed by atoms with Crippen LogP contribution < -0.4 is 10.5 Å². The molecule has 0 aliphatic rings. The number of aromatic nitrogens is 1. The van der Waals surface area contributed by atoms with Crippen LogP contribution >= 0.6 is 23.1 Å². The van der Waals surface area contributed by atoms with Crippen molar-refractivity contribution in [3.63, 3.8) is 0 Å². The average Bonchev–Trinajstić information content (AvgIpc) is 2.82. The molecule has 1 heterocycles. The Morgan fingerprint density at radius 1 is 1.47 bits per heavy atom.